The van der Waals surface area contributed by atoms with Gasteiger partial charge in [-0.2, -0.15) is 0 Å². The third-order valence-corrected chi connectivity index (χ3v) is 3.36. The van der Waals surface area contributed by atoms with Gasteiger partial charge in [-0.25, -0.2) is 13.8 Å². The number of hydrogen-bond donors (Lipinski definition) is 2. The molecule has 23 heavy (non-hydrogen) atoms. The molecular formula is C17H15F2N4. The number of halogens is 2. The zero-order valence-corrected chi connectivity index (χ0v) is 12.3. The number of nitrogens with zero attached hydrogens (tertiary/aromatic N) is 2. The fourth-order valence-corrected chi connectivity index (χ4v) is 2.19. The van der Waals surface area contributed by atoms with Crippen LogP contribution in [0.4, 0.5) is 8.78 Å². The van der Waals surface area contributed by atoms with Crippen molar-refractivity contribution in [2.45, 2.75) is 12.6 Å². The van der Waals surface area contributed by atoms with E-state index in [4.69, 9.17) is 0 Å². The molecule has 1 aliphatic rings. The summed E-state index contributed by atoms with van der Waals surface area (Å²) in [6, 6.07) is 9.46. The molecular weight excluding hydrogens is 298 g/mol. The van der Waals surface area contributed by atoms with Gasteiger partial charge < -0.3 is 5.32 Å². The molecule has 0 spiro atoms. The van der Waals surface area contributed by atoms with Crippen LogP contribution < -0.4 is 10.6 Å². The van der Waals surface area contributed by atoms with E-state index in [2.05, 4.69) is 26.7 Å². The molecule has 0 aliphatic carbocycles. The number of pyridine rings is 1. The van der Waals surface area contributed by atoms with Crippen LogP contribution in [0, 0.1) is 17.7 Å². The number of aliphatic imine (C=N–C) groups is 1. The normalized spacial score (nSPS) is 16.8. The van der Waals surface area contributed by atoms with E-state index >= 15 is 0 Å². The molecule has 1 atom stereocenters. The highest BCUT2D eigenvalue weighted by Gasteiger charge is 2.14. The zero-order valence-electron chi connectivity index (χ0n) is 12.3. The summed E-state index contributed by atoms with van der Waals surface area (Å²) in [4.78, 5) is 8.37. The Morgan fingerprint density at radius 2 is 2.09 bits per heavy atom. The number of rotatable bonds is 5. The van der Waals surface area contributed by atoms with Crippen molar-refractivity contribution in [3.63, 3.8) is 0 Å². The Balaban J connectivity index is 1.57. The minimum atomic E-state index is -0.898. The summed E-state index contributed by atoms with van der Waals surface area (Å²) >= 11 is 0. The summed E-state index contributed by atoms with van der Waals surface area (Å²) in [6.45, 7) is 0.695. The molecule has 4 nitrogen and oxygen atoms in total. The number of nitrogens with one attached hydrogen (secondary N) is 2. The SMILES string of the molecule is Fc1ccc(C2=NC=[C]C(NCCc3ccccn3)N2)cc1F. The molecule has 1 aromatic carbocycles. The maximum atomic E-state index is 13.3. The second-order valence-electron chi connectivity index (χ2n) is 5.00. The molecule has 0 fully saturated rings. The lowest BCUT2D eigenvalue weighted by atomic mass is 10.1. The van der Waals surface area contributed by atoms with Gasteiger partial charge in [-0.1, -0.05) is 6.07 Å². The molecule has 1 radical (unpaired) electrons. The Bertz CT molecular complexity index is 729. The average molecular weight is 313 g/mol. The van der Waals surface area contributed by atoms with Gasteiger partial charge in [-0.05, 0) is 30.3 Å². The number of amidine groups is 1. The molecule has 6 heteroatoms. The van der Waals surface area contributed by atoms with Gasteiger partial charge in [0.15, 0.2) is 11.6 Å². The standard InChI is InChI=1S/C17H15F2N4/c18-14-5-4-12(11-15(14)19)17-22-10-7-16(23-17)21-9-6-13-3-1-2-8-20-13/h1-5,8,10-11,16,21H,6,9H2,(H,22,23). The zero-order chi connectivity index (χ0) is 16.1. The average Bonchev–Trinajstić information content (AvgIpc) is 2.59. The van der Waals surface area contributed by atoms with Crippen LogP contribution in [-0.2, 0) is 6.42 Å². The summed E-state index contributed by atoms with van der Waals surface area (Å²) < 4.78 is 26.3. The van der Waals surface area contributed by atoms with Crippen molar-refractivity contribution in [1.29, 1.82) is 0 Å². The van der Waals surface area contributed by atoms with Gasteiger partial charge in [0.1, 0.15) is 12.0 Å². The van der Waals surface area contributed by atoms with Crippen molar-refractivity contribution in [3.05, 3.63) is 77.8 Å². The van der Waals surface area contributed by atoms with Crippen molar-refractivity contribution in [2.24, 2.45) is 4.99 Å². The maximum absolute atomic E-state index is 13.3. The van der Waals surface area contributed by atoms with Gasteiger partial charge in [0.25, 0.3) is 0 Å². The molecule has 1 aliphatic heterocycles. The van der Waals surface area contributed by atoms with Gasteiger partial charge in [-0.15, -0.1) is 0 Å². The fourth-order valence-electron chi connectivity index (χ4n) is 2.19. The fraction of sp³-hybridized carbons (Fsp3) is 0.176. The van der Waals surface area contributed by atoms with E-state index in [1.807, 2.05) is 18.2 Å². The lowest BCUT2D eigenvalue weighted by Gasteiger charge is -2.21. The van der Waals surface area contributed by atoms with Gasteiger partial charge >= 0.3 is 0 Å². The van der Waals surface area contributed by atoms with E-state index < -0.39 is 11.6 Å². The van der Waals surface area contributed by atoms with Gasteiger partial charge in [-0.3, -0.25) is 10.3 Å². The predicted octanol–water partition coefficient (Wildman–Crippen LogP) is 2.18. The molecule has 0 saturated heterocycles. The molecule has 2 heterocycles. The summed E-state index contributed by atoms with van der Waals surface area (Å²) in [5.74, 6) is -1.31. The van der Waals surface area contributed by atoms with E-state index in [9.17, 15) is 8.78 Å². The number of benzene rings is 1. The molecule has 0 bridgehead atoms. The summed E-state index contributed by atoms with van der Waals surface area (Å²) in [7, 11) is 0. The van der Waals surface area contributed by atoms with Crippen molar-refractivity contribution in [1.82, 2.24) is 15.6 Å². The van der Waals surface area contributed by atoms with Crippen molar-refractivity contribution in [2.75, 3.05) is 6.54 Å². The van der Waals surface area contributed by atoms with E-state index in [0.717, 1.165) is 24.2 Å². The summed E-state index contributed by atoms with van der Waals surface area (Å²) in [5.41, 5.74) is 1.48. The first kappa shape index (κ1) is 15.3. The van der Waals surface area contributed by atoms with E-state index in [1.165, 1.54) is 12.3 Å². The molecule has 2 aromatic rings. The first-order valence-electron chi connectivity index (χ1n) is 7.23. The second-order valence-corrected chi connectivity index (χ2v) is 5.00. The molecule has 2 N–H and O–H groups in total. The Morgan fingerprint density at radius 3 is 2.87 bits per heavy atom. The van der Waals surface area contributed by atoms with Crippen LogP contribution in [0.15, 0.2) is 53.8 Å². The summed E-state index contributed by atoms with van der Waals surface area (Å²) in [6.07, 6.45) is 6.81. The maximum Gasteiger partial charge on any atom is 0.159 e. The van der Waals surface area contributed by atoms with Crippen LogP contribution in [-0.4, -0.2) is 23.5 Å². The van der Waals surface area contributed by atoms with Crippen LogP contribution in [0.2, 0.25) is 0 Å². The number of hydrogen-bond acceptors (Lipinski definition) is 4. The Labute approximate surface area is 133 Å². The lowest BCUT2D eigenvalue weighted by Crippen LogP contribution is -2.46. The highest BCUT2D eigenvalue weighted by Crippen LogP contribution is 2.10. The Morgan fingerprint density at radius 1 is 1.17 bits per heavy atom. The smallest absolute Gasteiger partial charge is 0.159 e. The third kappa shape index (κ3) is 3.98. The van der Waals surface area contributed by atoms with E-state index in [1.54, 1.807) is 6.20 Å². The third-order valence-electron chi connectivity index (χ3n) is 3.36. The van der Waals surface area contributed by atoms with Crippen molar-refractivity contribution in [3.8, 4) is 0 Å². The van der Waals surface area contributed by atoms with Crippen LogP contribution in [0.5, 0.6) is 0 Å². The van der Waals surface area contributed by atoms with Gasteiger partial charge in [0.2, 0.25) is 0 Å². The largest absolute Gasteiger partial charge is 0.350 e. The topological polar surface area (TPSA) is 49.3 Å². The molecule has 1 unspecified atom stereocenters. The molecule has 3 rings (SSSR count). The quantitative estimate of drug-likeness (QED) is 0.889. The van der Waals surface area contributed by atoms with Crippen LogP contribution >= 0.6 is 0 Å². The summed E-state index contributed by atoms with van der Waals surface area (Å²) in [5, 5.41) is 6.34. The monoisotopic (exact) mass is 313 g/mol. The molecule has 0 amide bonds. The van der Waals surface area contributed by atoms with E-state index in [-0.39, 0.29) is 6.17 Å². The van der Waals surface area contributed by atoms with Crippen molar-refractivity contribution >= 4 is 5.84 Å². The first-order chi connectivity index (χ1) is 11.2. The van der Waals surface area contributed by atoms with Gasteiger partial charge in [0, 0.05) is 42.7 Å². The Kier molecular flexibility index (Phi) is 4.73. The highest BCUT2D eigenvalue weighted by atomic mass is 19.2. The van der Waals surface area contributed by atoms with Gasteiger partial charge in [0.05, 0.1) is 0 Å². The molecule has 117 valence electrons. The second kappa shape index (κ2) is 7.11. The lowest BCUT2D eigenvalue weighted by molar-refractivity contribution is 0.508. The molecule has 1 aromatic heterocycles. The number of aromatic nitrogens is 1. The van der Waals surface area contributed by atoms with Crippen LogP contribution in [0.3, 0.4) is 0 Å². The highest BCUT2D eigenvalue weighted by molar-refractivity contribution is 5.99. The molecule has 0 saturated carbocycles. The Hall–Kier alpha value is -2.60. The minimum Gasteiger partial charge on any atom is -0.350 e. The van der Waals surface area contributed by atoms with Crippen LogP contribution in [0.1, 0.15) is 11.3 Å². The van der Waals surface area contributed by atoms with Crippen molar-refractivity contribution < 1.29 is 8.78 Å². The van der Waals surface area contributed by atoms with Crippen LogP contribution in [0.25, 0.3) is 0 Å². The predicted molar refractivity (Wildman–Crippen MR) is 83.6 cm³/mol. The minimum absolute atomic E-state index is 0.251. The first-order valence-corrected chi connectivity index (χ1v) is 7.23. The van der Waals surface area contributed by atoms with E-state index in [0.29, 0.717) is 17.9 Å².